The lowest BCUT2D eigenvalue weighted by atomic mass is 10.2. The highest BCUT2D eigenvalue weighted by Gasteiger charge is 2.24. The number of benzene rings is 1. The highest BCUT2D eigenvalue weighted by molar-refractivity contribution is 7.16. The molecule has 4 rings (SSSR count). The molecule has 0 bridgehead atoms. The van der Waals surface area contributed by atoms with Gasteiger partial charge in [0.05, 0.1) is 11.7 Å². The van der Waals surface area contributed by atoms with Gasteiger partial charge >= 0.3 is 0 Å². The Morgan fingerprint density at radius 1 is 1.27 bits per heavy atom. The molecule has 3 heterocycles. The maximum absolute atomic E-state index is 12.5. The van der Waals surface area contributed by atoms with Gasteiger partial charge < -0.3 is 4.90 Å². The van der Waals surface area contributed by atoms with Crippen molar-refractivity contribution in [1.29, 1.82) is 0 Å². The van der Waals surface area contributed by atoms with Gasteiger partial charge in [-0.15, -0.1) is 11.3 Å². The van der Waals surface area contributed by atoms with Crippen molar-refractivity contribution in [1.82, 2.24) is 9.55 Å². The quantitative estimate of drug-likeness (QED) is 0.728. The summed E-state index contributed by atoms with van der Waals surface area (Å²) in [6.45, 7) is 0.688. The molecule has 1 amide bonds. The number of hydrogen-bond donors (Lipinski definition) is 0. The normalized spacial score (nSPS) is 13.5. The Bertz CT molecular complexity index is 928. The van der Waals surface area contributed by atoms with Crippen LogP contribution in [0.1, 0.15) is 5.56 Å². The monoisotopic (exact) mass is 311 g/mol. The van der Waals surface area contributed by atoms with Crippen molar-refractivity contribution in [2.75, 3.05) is 11.4 Å². The highest BCUT2D eigenvalue weighted by atomic mass is 32.1. The Balaban J connectivity index is 1.64. The predicted molar refractivity (Wildman–Crippen MR) is 86.4 cm³/mol. The number of aromatic nitrogens is 2. The summed E-state index contributed by atoms with van der Waals surface area (Å²) in [6, 6.07) is 9.64. The molecule has 0 spiro atoms. The van der Waals surface area contributed by atoms with Gasteiger partial charge in [-0.3, -0.25) is 14.2 Å². The van der Waals surface area contributed by atoms with Crippen LogP contribution in [0.4, 0.5) is 5.69 Å². The van der Waals surface area contributed by atoms with Gasteiger partial charge in [0.1, 0.15) is 11.4 Å². The molecule has 2 aromatic heterocycles. The van der Waals surface area contributed by atoms with Crippen molar-refractivity contribution < 1.29 is 4.79 Å². The number of fused-ring (bicyclic) bond motifs is 2. The molecule has 110 valence electrons. The minimum Gasteiger partial charge on any atom is -0.310 e. The van der Waals surface area contributed by atoms with E-state index in [1.54, 1.807) is 11.0 Å². The number of hydrogen-bond acceptors (Lipinski definition) is 4. The van der Waals surface area contributed by atoms with E-state index in [2.05, 4.69) is 4.98 Å². The van der Waals surface area contributed by atoms with Crippen LogP contribution in [0.2, 0.25) is 0 Å². The van der Waals surface area contributed by atoms with Crippen molar-refractivity contribution in [3.63, 3.8) is 0 Å². The third-order valence-electron chi connectivity index (χ3n) is 3.94. The smallest absolute Gasteiger partial charge is 0.262 e. The second kappa shape index (κ2) is 5.06. The predicted octanol–water partition coefficient (Wildman–Crippen LogP) is 2.05. The molecule has 3 aromatic rings. The first-order chi connectivity index (χ1) is 10.7. The SMILES string of the molecule is O=C(Cn1cnc2sccc2c1=O)N1CCc2ccccc21. The molecule has 22 heavy (non-hydrogen) atoms. The number of amides is 1. The van der Waals surface area contributed by atoms with E-state index in [1.165, 1.54) is 27.8 Å². The molecule has 0 fully saturated rings. The molecular weight excluding hydrogens is 298 g/mol. The molecule has 0 radical (unpaired) electrons. The van der Waals surface area contributed by atoms with Crippen molar-refractivity contribution in [2.45, 2.75) is 13.0 Å². The van der Waals surface area contributed by atoms with E-state index in [4.69, 9.17) is 0 Å². The summed E-state index contributed by atoms with van der Waals surface area (Å²) >= 11 is 1.43. The van der Waals surface area contributed by atoms with E-state index in [-0.39, 0.29) is 18.0 Å². The van der Waals surface area contributed by atoms with Gasteiger partial charge in [-0.1, -0.05) is 18.2 Å². The van der Waals surface area contributed by atoms with Crippen LogP contribution >= 0.6 is 11.3 Å². The zero-order valence-corrected chi connectivity index (χ0v) is 12.5. The fourth-order valence-electron chi connectivity index (χ4n) is 2.83. The van der Waals surface area contributed by atoms with E-state index in [0.29, 0.717) is 16.8 Å². The standard InChI is InChI=1S/C16H13N3O2S/c20-14(19-7-5-11-3-1-2-4-13(11)19)9-18-10-17-15-12(16(18)21)6-8-22-15/h1-4,6,8,10H,5,7,9H2. The van der Waals surface area contributed by atoms with Crippen molar-refractivity contribution in [2.24, 2.45) is 0 Å². The maximum atomic E-state index is 12.5. The molecule has 1 aromatic carbocycles. The summed E-state index contributed by atoms with van der Waals surface area (Å²) in [5, 5.41) is 2.41. The number of carbonyl (C=O) groups is 1. The molecule has 0 N–H and O–H groups in total. The molecule has 6 heteroatoms. The van der Waals surface area contributed by atoms with Crippen molar-refractivity contribution in [3.8, 4) is 0 Å². The number of para-hydroxylation sites is 1. The molecule has 0 aliphatic carbocycles. The zero-order chi connectivity index (χ0) is 15.1. The van der Waals surface area contributed by atoms with E-state index >= 15 is 0 Å². The molecule has 0 saturated heterocycles. The van der Waals surface area contributed by atoms with Crippen LogP contribution in [-0.2, 0) is 17.8 Å². The van der Waals surface area contributed by atoms with Crippen molar-refractivity contribution in [3.05, 3.63) is 58.0 Å². The van der Waals surface area contributed by atoms with E-state index in [0.717, 1.165) is 12.1 Å². The number of thiophene rings is 1. The second-order valence-electron chi connectivity index (χ2n) is 5.24. The first kappa shape index (κ1) is 13.2. The van der Waals surface area contributed by atoms with Gasteiger partial charge in [0.15, 0.2) is 0 Å². The van der Waals surface area contributed by atoms with E-state index in [1.807, 2.05) is 29.6 Å². The third-order valence-corrected chi connectivity index (χ3v) is 4.76. The van der Waals surface area contributed by atoms with Crippen LogP contribution in [-0.4, -0.2) is 22.0 Å². The Hall–Kier alpha value is -2.47. The lowest BCUT2D eigenvalue weighted by Crippen LogP contribution is -2.35. The van der Waals surface area contributed by atoms with Crippen LogP contribution in [0.15, 0.2) is 46.8 Å². The lowest BCUT2D eigenvalue weighted by Gasteiger charge is -2.17. The summed E-state index contributed by atoms with van der Waals surface area (Å²) in [5.74, 6) is -0.0802. The topological polar surface area (TPSA) is 55.2 Å². The van der Waals surface area contributed by atoms with Crippen LogP contribution in [0, 0.1) is 0 Å². The van der Waals surface area contributed by atoms with E-state index < -0.39 is 0 Å². The maximum Gasteiger partial charge on any atom is 0.262 e. The Kier molecular flexibility index (Phi) is 3.04. The molecule has 1 aliphatic rings. The summed E-state index contributed by atoms with van der Waals surface area (Å²) in [5.41, 5.74) is 1.96. The molecule has 0 saturated carbocycles. The van der Waals surface area contributed by atoms with Gasteiger partial charge in [0.2, 0.25) is 5.91 Å². The Labute approximate surface area is 130 Å². The molecule has 5 nitrogen and oxygen atoms in total. The van der Waals surface area contributed by atoms with Gasteiger partial charge in [-0.2, -0.15) is 0 Å². The van der Waals surface area contributed by atoms with Gasteiger partial charge in [0, 0.05) is 12.2 Å². The molecule has 1 aliphatic heterocycles. The summed E-state index contributed by atoms with van der Waals surface area (Å²) in [6.07, 6.45) is 2.32. The Morgan fingerprint density at radius 3 is 3.05 bits per heavy atom. The van der Waals surface area contributed by atoms with Crippen LogP contribution in [0.3, 0.4) is 0 Å². The van der Waals surface area contributed by atoms with E-state index in [9.17, 15) is 9.59 Å². The minimum absolute atomic E-state index is 0.0198. The lowest BCUT2D eigenvalue weighted by molar-refractivity contribution is -0.119. The average Bonchev–Trinajstić information content (AvgIpc) is 3.16. The number of nitrogens with zero attached hydrogens (tertiary/aromatic N) is 3. The van der Waals surface area contributed by atoms with Gasteiger partial charge in [-0.25, -0.2) is 4.98 Å². The van der Waals surface area contributed by atoms with Gasteiger partial charge in [0.25, 0.3) is 5.56 Å². The number of rotatable bonds is 2. The third kappa shape index (κ3) is 2.03. The largest absolute Gasteiger partial charge is 0.310 e. The summed E-state index contributed by atoms with van der Waals surface area (Å²) in [7, 11) is 0. The molecule has 0 unspecified atom stereocenters. The first-order valence-electron chi connectivity index (χ1n) is 7.05. The first-order valence-corrected chi connectivity index (χ1v) is 7.93. The highest BCUT2D eigenvalue weighted by Crippen LogP contribution is 2.27. The number of carbonyl (C=O) groups excluding carboxylic acids is 1. The molecule has 0 atom stereocenters. The summed E-state index contributed by atoms with van der Waals surface area (Å²) in [4.78, 5) is 31.6. The van der Waals surface area contributed by atoms with Crippen LogP contribution < -0.4 is 10.5 Å². The molecular formula is C16H13N3O2S. The summed E-state index contributed by atoms with van der Waals surface area (Å²) < 4.78 is 1.39. The fraction of sp³-hybridized carbons (Fsp3) is 0.188. The fourth-order valence-corrected chi connectivity index (χ4v) is 3.56. The second-order valence-corrected chi connectivity index (χ2v) is 6.14. The number of anilines is 1. The van der Waals surface area contributed by atoms with Crippen LogP contribution in [0.5, 0.6) is 0 Å². The van der Waals surface area contributed by atoms with Gasteiger partial charge in [-0.05, 0) is 29.5 Å². The van der Waals surface area contributed by atoms with Crippen LogP contribution in [0.25, 0.3) is 10.2 Å². The zero-order valence-electron chi connectivity index (χ0n) is 11.7. The minimum atomic E-state index is -0.160. The van der Waals surface area contributed by atoms with Crippen molar-refractivity contribution >= 4 is 33.1 Å². The Morgan fingerprint density at radius 2 is 2.14 bits per heavy atom. The average molecular weight is 311 g/mol.